The Morgan fingerprint density at radius 2 is 2.22 bits per heavy atom. The van der Waals surface area contributed by atoms with Gasteiger partial charge in [-0.2, -0.15) is 0 Å². The Morgan fingerprint density at radius 1 is 1.56 bits per heavy atom. The summed E-state index contributed by atoms with van der Waals surface area (Å²) in [6, 6.07) is 0.833. The van der Waals surface area contributed by atoms with Gasteiger partial charge in [-0.05, 0) is 34.1 Å². The highest BCUT2D eigenvalue weighted by molar-refractivity contribution is 4.80. The molecular weight excluding hydrogens is 112 g/mol. The molecule has 0 N–H and O–H groups in total. The van der Waals surface area contributed by atoms with Crippen molar-refractivity contribution in [1.82, 2.24) is 9.80 Å². The predicted molar refractivity (Wildman–Crippen MR) is 39.6 cm³/mol. The van der Waals surface area contributed by atoms with Crippen LogP contribution < -0.4 is 0 Å². The molecule has 1 atom stereocenters. The van der Waals surface area contributed by atoms with Crippen LogP contribution in [-0.2, 0) is 0 Å². The van der Waals surface area contributed by atoms with Gasteiger partial charge in [0.2, 0.25) is 0 Å². The van der Waals surface area contributed by atoms with Crippen LogP contribution in [0.25, 0.3) is 0 Å². The topological polar surface area (TPSA) is 6.48 Å². The lowest BCUT2D eigenvalue weighted by Crippen LogP contribution is -2.49. The zero-order valence-electron chi connectivity index (χ0n) is 6.59. The summed E-state index contributed by atoms with van der Waals surface area (Å²) in [5.41, 5.74) is 0. The minimum Gasteiger partial charge on any atom is -0.308 e. The third-order valence-electron chi connectivity index (χ3n) is 2.01. The molecule has 54 valence electrons. The van der Waals surface area contributed by atoms with Crippen LogP contribution in [0.3, 0.4) is 0 Å². The fraction of sp³-hybridized carbons (Fsp3) is 1.00. The molecule has 0 saturated carbocycles. The van der Waals surface area contributed by atoms with Gasteiger partial charge in [-0.1, -0.05) is 0 Å². The third kappa shape index (κ3) is 1.66. The van der Waals surface area contributed by atoms with Crippen LogP contribution in [-0.4, -0.2) is 50.1 Å². The lowest BCUT2D eigenvalue weighted by molar-refractivity contribution is 0.0991. The van der Waals surface area contributed by atoms with Crippen LogP contribution in [0.4, 0.5) is 0 Å². The second-order valence-corrected chi connectivity index (χ2v) is 3.19. The van der Waals surface area contributed by atoms with E-state index in [1.54, 1.807) is 0 Å². The summed E-state index contributed by atoms with van der Waals surface area (Å²) in [4.78, 5) is 4.65. The molecule has 1 aliphatic heterocycles. The van der Waals surface area contributed by atoms with Crippen molar-refractivity contribution >= 4 is 0 Å². The highest BCUT2D eigenvalue weighted by Gasteiger charge is 2.23. The molecule has 1 aliphatic rings. The zero-order valence-corrected chi connectivity index (χ0v) is 6.59. The molecule has 2 nitrogen and oxygen atoms in total. The van der Waals surface area contributed by atoms with E-state index in [1.807, 2.05) is 0 Å². The summed E-state index contributed by atoms with van der Waals surface area (Å²) >= 11 is 0. The molecule has 2 heteroatoms. The van der Waals surface area contributed by atoms with Gasteiger partial charge in [0.25, 0.3) is 0 Å². The SMILES string of the molecule is CN(C)CC1CCN1C. The molecule has 0 aromatic heterocycles. The smallest absolute Gasteiger partial charge is 0.0232 e. The van der Waals surface area contributed by atoms with Crippen molar-refractivity contribution in [2.75, 3.05) is 34.2 Å². The predicted octanol–water partition coefficient (Wildman–Crippen LogP) is 0.252. The van der Waals surface area contributed by atoms with E-state index in [-0.39, 0.29) is 0 Å². The van der Waals surface area contributed by atoms with E-state index in [0.29, 0.717) is 0 Å². The lowest BCUT2D eigenvalue weighted by atomic mass is 10.0. The van der Waals surface area contributed by atoms with E-state index >= 15 is 0 Å². The van der Waals surface area contributed by atoms with Gasteiger partial charge in [-0.3, -0.25) is 0 Å². The summed E-state index contributed by atoms with van der Waals surface area (Å²) in [5, 5.41) is 0. The number of likely N-dealkylation sites (N-methyl/N-ethyl adjacent to an activating group) is 2. The number of likely N-dealkylation sites (tertiary alicyclic amines) is 1. The number of hydrogen-bond donors (Lipinski definition) is 0. The van der Waals surface area contributed by atoms with Crippen molar-refractivity contribution in [3.05, 3.63) is 0 Å². The average molecular weight is 128 g/mol. The highest BCUT2D eigenvalue weighted by Crippen LogP contribution is 2.13. The fourth-order valence-corrected chi connectivity index (χ4v) is 1.22. The molecule has 0 aromatic carbocycles. The van der Waals surface area contributed by atoms with Crippen molar-refractivity contribution in [3.63, 3.8) is 0 Å². The maximum atomic E-state index is 2.40. The van der Waals surface area contributed by atoms with Gasteiger partial charge >= 0.3 is 0 Å². The van der Waals surface area contributed by atoms with Gasteiger partial charge in [0.1, 0.15) is 0 Å². The summed E-state index contributed by atoms with van der Waals surface area (Å²) in [6.45, 7) is 2.51. The first kappa shape index (κ1) is 7.03. The van der Waals surface area contributed by atoms with E-state index in [2.05, 4.69) is 30.9 Å². The highest BCUT2D eigenvalue weighted by atomic mass is 15.2. The maximum Gasteiger partial charge on any atom is 0.0232 e. The Labute approximate surface area is 57.4 Å². The molecule has 0 amide bonds. The van der Waals surface area contributed by atoms with Crippen LogP contribution in [0, 0.1) is 0 Å². The van der Waals surface area contributed by atoms with Gasteiger partial charge in [0, 0.05) is 12.6 Å². The van der Waals surface area contributed by atoms with Crippen molar-refractivity contribution < 1.29 is 0 Å². The zero-order chi connectivity index (χ0) is 6.85. The number of hydrogen-bond acceptors (Lipinski definition) is 2. The second kappa shape index (κ2) is 2.67. The van der Waals surface area contributed by atoms with Crippen molar-refractivity contribution in [1.29, 1.82) is 0 Å². The van der Waals surface area contributed by atoms with Gasteiger partial charge < -0.3 is 9.80 Å². The number of rotatable bonds is 2. The Bertz CT molecular complexity index is 90.9. The van der Waals surface area contributed by atoms with Crippen LogP contribution in [0.2, 0.25) is 0 Å². The second-order valence-electron chi connectivity index (χ2n) is 3.19. The average Bonchev–Trinajstić information content (AvgIpc) is 1.79. The Kier molecular flexibility index (Phi) is 2.09. The minimum atomic E-state index is 0.833. The lowest BCUT2D eigenvalue weighted by Gasteiger charge is -2.39. The fourth-order valence-electron chi connectivity index (χ4n) is 1.22. The number of nitrogens with zero attached hydrogens (tertiary/aromatic N) is 2. The molecule has 0 radical (unpaired) electrons. The maximum absolute atomic E-state index is 2.40. The van der Waals surface area contributed by atoms with Gasteiger partial charge in [0.15, 0.2) is 0 Å². The van der Waals surface area contributed by atoms with Gasteiger partial charge in [-0.15, -0.1) is 0 Å². The van der Waals surface area contributed by atoms with Crippen molar-refractivity contribution in [3.8, 4) is 0 Å². The summed E-state index contributed by atoms with van der Waals surface area (Å²) in [6.07, 6.45) is 1.38. The van der Waals surface area contributed by atoms with Crippen molar-refractivity contribution in [2.24, 2.45) is 0 Å². The molecule has 1 rings (SSSR count). The summed E-state index contributed by atoms with van der Waals surface area (Å²) in [7, 11) is 6.45. The first-order valence-electron chi connectivity index (χ1n) is 3.55. The summed E-state index contributed by atoms with van der Waals surface area (Å²) < 4.78 is 0. The van der Waals surface area contributed by atoms with E-state index in [9.17, 15) is 0 Å². The summed E-state index contributed by atoms with van der Waals surface area (Å²) in [5.74, 6) is 0. The quantitative estimate of drug-likeness (QED) is 0.526. The van der Waals surface area contributed by atoms with Gasteiger partial charge in [-0.25, -0.2) is 0 Å². The molecule has 0 aromatic rings. The Morgan fingerprint density at radius 3 is 2.33 bits per heavy atom. The Balaban J connectivity index is 2.13. The molecule has 0 bridgehead atoms. The van der Waals surface area contributed by atoms with E-state index in [0.717, 1.165) is 6.04 Å². The van der Waals surface area contributed by atoms with Crippen LogP contribution in [0.5, 0.6) is 0 Å². The molecule has 1 heterocycles. The molecule has 9 heavy (non-hydrogen) atoms. The minimum absolute atomic E-state index is 0.833. The first-order valence-corrected chi connectivity index (χ1v) is 3.55. The largest absolute Gasteiger partial charge is 0.308 e. The van der Waals surface area contributed by atoms with Crippen LogP contribution in [0.15, 0.2) is 0 Å². The van der Waals surface area contributed by atoms with Crippen molar-refractivity contribution in [2.45, 2.75) is 12.5 Å². The first-order chi connectivity index (χ1) is 4.20. The van der Waals surface area contributed by atoms with E-state index < -0.39 is 0 Å². The van der Waals surface area contributed by atoms with Crippen LogP contribution in [0.1, 0.15) is 6.42 Å². The molecule has 1 unspecified atom stereocenters. The van der Waals surface area contributed by atoms with E-state index in [4.69, 9.17) is 0 Å². The Hall–Kier alpha value is -0.0800. The van der Waals surface area contributed by atoms with Gasteiger partial charge in [0.05, 0.1) is 0 Å². The molecular formula is C7H16N2. The van der Waals surface area contributed by atoms with E-state index in [1.165, 1.54) is 19.5 Å². The normalized spacial score (nSPS) is 28.7. The third-order valence-corrected chi connectivity index (χ3v) is 2.01. The molecule has 0 aliphatic carbocycles. The molecule has 1 fully saturated rings. The van der Waals surface area contributed by atoms with Crippen LogP contribution >= 0.6 is 0 Å². The molecule has 1 saturated heterocycles. The standard InChI is InChI=1S/C7H16N2/c1-8(2)6-7-4-5-9(7)3/h7H,4-6H2,1-3H3. The molecule has 0 spiro atoms. The monoisotopic (exact) mass is 128 g/mol.